The first kappa shape index (κ1) is 17.3. The second kappa shape index (κ2) is 6.96. The zero-order valence-electron chi connectivity index (χ0n) is 15.7. The van der Waals surface area contributed by atoms with Gasteiger partial charge in [-0.3, -0.25) is 9.59 Å². The Morgan fingerprint density at radius 1 is 1.18 bits per heavy atom. The van der Waals surface area contributed by atoms with Crippen molar-refractivity contribution in [2.75, 3.05) is 19.8 Å². The van der Waals surface area contributed by atoms with E-state index in [1.165, 1.54) is 0 Å². The van der Waals surface area contributed by atoms with Crippen molar-refractivity contribution in [1.82, 2.24) is 14.7 Å². The van der Waals surface area contributed by atoms with Gasteiger partial charge in [-0.05, 0) is 49.8 Å². The van der Waals surface area contributed by atoms with Crippen molar-refractivity contribution in [3.8, 4) is 11.5 Å². The van der Waals surface area contributed by atoms with Crippen LogP contribution in [0.3, 0.4) is 0 Å². The van der Waals surface area contributed by atoms with Crippen LogP contribution in [0.15, 0.2) is 29.1 Å². The van der Waals surface area contributed by atoms with Crippen molar-refractivity contribution in [3.05, 3.63) is 51.4 Å². The molecule has 146 valence electrons. The Hall–Kier alpha value is -2.83. The summed E-state index contributed by atoms with van der Waals surface area (Å²) >= 11 is 0. The van der Waals surface area contributed by atoms with E-state index < -0.39 is 0 Å². The lowest BCUT2D eigenvalue weighted by molar-refractivity contribution is 0.0710. The Bertz CT molecular complexity index is 984. The fourth-order valence-electron chi connectivity index (χ4n) is 4.46. The zero-order chi connectivity index (χ0) is 19.1. The van der Waals surface area contributed by atoms with Crippen LogP contribution in [0.25, 0.3) is 0 Å². The first-order chi connectivity index (χ1) is 13.7. The van der Waals surface area contributed by atoms with Gasteiger partial charge in [0.25, 0.3) is 11.5 Å². The molecule has 1 aromatic heterocycles. The number of rotatable bonds is 3. The summed E-state index contributed by atoms with van der Waals surface area (Å²) in [5.74, 6) is 1.07. The first-order valence-corrected chi connectivity index (χ1v) is 10.0. The Labute approximate surface area is 162 Å². The molecular weight excluding hydrogens is 358 g/mol. The van der Waals surface area contributed by atoms with Crippen molar-refractivity contribution < 1.29 is 14.3 Å². The number of likely N-dealkylation sites (tertiary alicyclic amines) is 1. The average molecular weight is 381 g/mol. The van der Waals surface area contributed by atoms with E-state index in [2.05, 4.69) is 5.10 Å². The van der Waals surface area contributed by atoms with Crippen molar-refractivity contribution in [2.24, 2.45) is 0 Å². The lowest BCUT2D eigenvalue weighted by Crippen LogP contribution is -2.41. The van der Waals surface area contributed by atoms with Crippen LogP contribution in [-0.4, -0.2) is 46.4 Å². The number of carbonyl (C=O) groups excluding carboxylic acids is 1. The molecule has 3 aliphatic rings. The SMILES string of the molecule is O=C(c1cccc2c1OCCO2)N1CCCC1Cn1nc2c(cc1=O)CCC2. The highest BCUT2D eigenvalue weighted by molar-refractivity contribution is 5.98. The van der Waals surface area contributed by atoms with Gasteiger partial charge in [0.1, 0.15) is 13.2 Å². The molecule has 5 rings (SSSR count). The quantitative estimate of drug-likeness (QED) is 0.811. The molecule has 1 aromatic carbocycles. The van der Waals surface area contributed by atoms with Crippen LogP contribution in [0.5, 0.6) is 11.5 Å². The van der Waals surface area contributed by atoms with E-state index in [-0.39, 0.29) is 17.5 Å². The molecule has 1 amide bonds. The van der Waals surface area contributed by atoms with E-state index in [1.807, 2.05) is 17.0 Å². The van der Waals surface area contributed by atoms with Crippen LogP contribution in [0.1, 0.15) is 40.9 Å². The predicted octanol–water partition coefficient (Wildman–Crippen LogP) is 1.81. The second-order valence-electron chi connectivity index (χ2n) is 7.61. The number of hydrogen-bond acceptors (Lipinski definition) is 5. The maximum Gasteiger partial charge on any atom is 0.267 e. The van der Waals surface area contributed by atoms with Crippen molar-refractivity contribution in [2.45, 2.75) is 44.7 Å². The van der Waals surface area contributed by atoms with Crippen molar-refractivity contribution in [1.29, 1.82) is 0 Å². The minimum atomic E-state index is -0.0752. The highest BCUT2D eigenvalue weighted by Gasteiger charge is 2.33. The molecule has 2 aliphatic heterocycles. The molecule has 0 N–H and O–H groups in total. The Kier molecular flexibility index (Phi) is 4.30. The smallest absolute Gasteiger partial charge is 0.267 e. The number of hydrogen-bond donors (Lipinski definition) is 0. The third kappa shape index (κ3) is 2.95. The van der Waals surface area contributed by atoms with Crippen LogP contribution in [0, 0.1) is 0 Å². The van der Waals surface area contributed by atoms with Gasteiger partial charge in [0, 0.05) is 12.6 Å². The highest BCUT2D eigenvalue weighted by atomic mass is 16.6. The van der Waals surface area contributed by atoms with Crippen molar-refractivity contribution >= 4 is 5.91 Å². The number of benzene rings is 1. The lowest BCUT2D eigenvalue weighted by Gasteiger charge is -2.27. The van der Waals surface area contributed by atoms with Gasteiger partial charge in [-0.1, -0.05) is 6.07 Å². The summed E-state index contributed by atoms with van der Waals surface area (Å²) < 4.78 is 12.9. The number of ether oxygens (including phenoxy) is 2. The monoisotopic (exact) mass is 381 g/mol. The van der Waals surface area contributed by atoms with Crippen LogP contribution < -0.4 is 15.0 Å². The maximum absolute atomic E-state index is 13.3. The van der Waals surface area contributed by atoms with Gasteiger partial charge in [-0.2, -0.15) is 5.10 Å². The Balaban J connectivity index is 1.41. The van der Waals surface area contributed by atoms with Gasteiger partial charge in [0.05, 0.1) is 23.8 Å². The number of nitrogens with zero attached hydrogens (tertiary/aromatic N) is 3. The predicted molar refractivity (Wildman–Crippen MR) is 102 cm³/mol. The molecule has 0 saturated carbocycles. The van der Waals surface area contributed by atoms with Crippen LogP contribution in [0.2, 0.25) is 0 Å². The van der Waals surface area contributed by atoms with Crippen LogP contribution in [0.4, 0.5) is 0 Å². The molecule has 3 heterocycles. The molecule has 7 nitrogen and oxygen atoms in total. The summed E-state index contributed by atoms with van der Waals surface area (Å²) in [6, 6.07) is 7.09. The maximum atomic E-state index is 13.3. The normalized spacial score (nSPS) is 20.3. The zero-order valence-corrected chi connectivity index (χ0v) is 15.7. The average Bonchev–Trinajstić information content (AvgIpc) is 3.36. The minimum absolute atomic E-state index is 0.0440. The topological polar surface area (TPSA) is 73.7 Å². The van der Waals surface area contributed by atoms with E-state index in [0.29, 0.717) is 43.4 Å². The molecular formula is C21H23N3O4. The number of amides is 1. The number of aromatic nitrogens is 2. The summed E-state index contributed by atoms with van der Waals surface area (Å²) in [7, 11) is 0. The molecule has 0 bridgehead atoms. The molecule has 1 aliphatic carbocycles. The molecule has 1 atom stereocenters. The highest BCUT2D eigenvalue weighted by Crippen LogP contribution is 2.35. The molecule has 1 unspecified atom stereocenters. The number of carbonyl (C=O) groups is 1. The number of fused-ring (bicyclic) bond motifs is 2. The van der Waals surface area contributed by atoms with Gasteiger partial charge in [-0.25, -0.2) is 4.68 Å². The van der Waals surface area contributed by atoms with Gasteiger partial charge >= 0.3 is 0 Å². The molecule has 1 saturated heterocycles. The van der Waals surface area contributed by atoms with Crippen LogP contribution in [-0.2, 0) is 19.4 Å². The van der Waals surface area contributed by atoms with E-state index in [1.54, 1.807) is 16.8 Å². The molecule has 7 heteroatoms. The van der Waals surface area contributed by atoms with Crippen LogP contribution >= 0.6 is 0 Å². The molecule has 2 aromatic rings. The summed E-state index contributed by atoms with van der Waals surface area (Å²) in [4.78, 5) is 27.6. The first-order valence-electron chi connectivity index (χ1n) is 10.0. The van der Waals surface area contributed by atoms with Crippen molar-refractivity contribution in [3.63, 3.8) is 0 Å². The van der Waals surface area contributed by atoms with Gasteiger partial charge in [-0.15, -0.1) is 0 Å². The summed E-state index contributed by atoms with van der Waals surface area (Å²) in [5, 5.41) is 4.57. The van der Waals surface area contributed by atoms with Gasteiger partial charge < -0.3 is 14.4 Å². The second-order valence-corrected chi connectivity index (χ2v) is 7.61. The lowest BCUT2D eigenvalue weighted by atomic mass is 10.1. The summed E-state index contributed by atoms with van der Waals surface area (Å²) in [6.07, 6.45) is 4.71. The van der Waals surface area contributed by atoms with E-state index >= 15 is 0 Å². The third-order valence-electron chi connectivity index (χ3n) is 5.84. The Morgan fingerprint density at radius 3 is 3.00 bits per heavy atom. The molecule has 28 heavy (non-hydrogen) atoms. The third-order valence-corrected chi connectivity index (χ3v) is 5.84. The van der Waals surface area contributed by atoms with E-state index in [9.17, 15) is 9.59 Å². The molecule has 1 fully saturated rings. The summed E-state index contributed by atoms with van der Waals surface area (Å²) in [5.41, 5.74) is 2.55. The molecule has 0 spiro atoms. The summed E-state index contributed by atoms with van der Waals surface area (Å²) in [6.45, 7) is 2.04. The number of para-hydroxylation sites is 1. The molecule has 0 radical (unpaired) electrons. The number of aryl methyl sites for hydroxylation is 2. The fourth-order valence-corrected chi connectivity index (χ4v) is 4.46. The fraction of sp³-hybridized carbons (Fsp3) is 0.476. The Morgan fingerprint density at radius 2 is 2.07 bits per heavy atom. The van der Waals surface area contributed by atoms with E-state index in [0.717, 1.165) is 43.4 Å². The van der Waals surface area contributed by atoms with Gasteiger partial charge in [0.2, 0.25) is 0 Å². The standard InChI is InChI=1S/C21H23N3O4/c25-19-12-14-4-1-7-17(14)22-24(19)13-15-5-3-9-23(15)21(26)16-6-2-8-18-20(16)28-11-10-27-18/h2,6,8,12,15H,1,3-5,7,9-11,13H2. The largest absolute Gasteiger partial charge is 0.486 e. The minimum Gasteiger partial charge on any atom is -0.486 e. The van der Waals surface area contributed by atoms with E-state index in [4.69, 9.17) is 9.47 Å². The van der Waals surface area contributed by atoms with Gasteiger partial charge in [0.15, 0.2) is 11.5 Å².